The maximum Gasteiger partial charge on any atom is 0.336 e. The van der Waals surface area contributed by atoms with Gasteiger partial charge in [0.15, 0.2) is 0 Å². The first-order chi connectivity index (χ1) is 9.59. The Hall–Kier alpha value is -2.89. The topological polar surface area (TPSA) is 91.9 Å². The third kappa shape index (κ3) is 2.92. The molecule has 0 aliphatic heterocycles. The molecule has 2 rings (SSSR count). The summed E-state index contributed by atoms with van der Waals surface area (Å²) in [6.07, 6.45) is 2.70. The van der Waals surface area contributed by atoms with Crippen LogP contribution in [0.2, 0.25) is 0 Å². The number of amides is 1. The fourth-order valence-corrected chi connectivity index (χ4v) is 1.65. The highest BCUT2D eigenvalue weighted by Gasteiger charge is 2.10. The van der Waals surface area contributed by atoms with Crippen LogP contribution >= 0.6 is 0 Å². The lowest BCUT2D eigenvalue weighted by Gasteiger charge is -2.00. The molecule has 6 nitrogen and oxygen atoms in total. The molecule has 2 aromatic rings. The van der Waals surface area contributed by atoms with Gasteiger partial charge in [-0.25, -0.2) is 10.2 Å². The molecule has 1 amide bonds. The molecular weight excluding hydrogens is 260 g/mol. The molecule has 6 heteroatoms. The van der Waals surface area contributed by atoms with Crippen molar-refractivity contribution < 1.29 is 19.1 Å². The predicted octanol–water partition coefficient (Wildman–Crippen LogP) is 2.05. The molecule has 20 heavy (non-hydrogen) atoms. The summed E-state index contributed by atoms with van der Waals surface area (Å²) in [6, 6.07) is 7.91. The number of carboxylic acids is 1. The van der Waals surface area contributed by atoms with Gasteiger partial charge in [-0.1, -0.05) is 18.2 Å². The number of carboxylic acid groups (broad SMARTS) is 1. The molecule has 0 aliphatic rings. The molecule has 0 unspecified atom stereocenters. The number of rotatable bonds is 4. The van der Waals surface area contributed by atoms with Crippen molar-refractivity contribution >= 4 is 18.1 Å². The Labute approximate surface area is 114 Å². The van der Waals surface area contributed by atoms with Gasteiger partial charge in [0.1, 0.15) is 5.76 Å². The van der Waals surface area contributed by atoms with Crippen molar-refractivity contribution in [3.63, 3.8) is 0 Å². The summed E-state index contributed by atoms with van der Waals surface area (Å²) in [5, 5.41) is 12.8. The summed E-state index contributed by atoms with van der Waals surface area (Å²) in [5.74, 6) is -0.979. The van der Waals surface area contributed by atoms with Crippen LogP contribution in [-0.2, 0) is 0 Å². The largest absolute Gasteiger partial charge is 0.478 e. The fraction of sp³-hybridized carbons (Fsp3) is 0.0714. The van der Waals surface area contributed by atoms with Crippen molar-refractivity contribution in [1.29, 1.82) is 0 Å². The summed E-state index contributed by atoms with van der Waals surface area (Å²) >= 11 is 0. The summed E-state index contributed by atoms with van der Waals surface area (Å²) in [6.45, 7) is 1.67. The predicted molar refractivity (Wildman–Crippen MR) is 71.9 cm³/mol. The number of nitrogens with one attached hydrogen (secondary N) is 1. The van der Waals surface area contributed by atoms with Crippen LogP contribution in [0.25, 0.3) is 0 Å². The van der Waals surface area contributed by atoms with Gasteiger partial charge in [0.25, 0.3) is 5.91 Å². The van der Waals surface area contributed by atoms with Gasteiger partial charge in [0, 0.05) is 5.56 Å². The minimum absolute atomic E-state index is 0.116. The lowest BCUT2D eigenvalue weighted by atomic mass is 10.1. The molecule has 0 saturated heterocycles. The van der Waals surface area contributed by atoms with Crippen LogP contribution in [0.3, 0.4) is 0 Å². The van der Waals surface area contributed by atoms with Gasteiger partial charge in [-0.15, -0.1) is 0 Å². The van der Waals surface area contributed by atoms with E-state index in [0.717, 1.165) is 0 Å². The number of aromatic carboxylic acids is 1. The number of furan rings is 1. The van der Waals surface area contributed by atoms with E-state index in [1.54, 1.807) is 25.1 Å². The number of aryl methyl sites for hydroxylation is 1. The van der Waals surface area contributed by atoms with Gasteiger partial charge in [-0.3, -0.25) is 4.79 Å². The van der Waals surface area contributed by atoms with Gasteiger partial charge in [-0.2, -0.15) is 5.10 Å². The van der Waals surface area contributed by atoms with E-state index < -0.39 is 11.9 Å². The van der Waals surface area contributed by atoms with Crippen molar-refractivity contribution in [3.8, 4) is 0 Å². The van der Waals surface area contributed by atoms with E-state index in [1.807, 2.05) is 0 Å². The minimum atomic E-state index is -1.05. The molecule has 1 heterocycles. The van der Waals surface area contributed by atoms with E-state index in [-0.39, 0.29) is 5.56 Å². The molecule has 2 N–H and O–H groups in total. The first-order valence-electron chi connectivity index (χ1n) is 5.79. The smallest absolute Gasteiger partial charge is 0.336 e. The van der Waals surface area contributed by atoms with Crippen molar-refractivity contribution in [1.82, 2.24) is 5.43 Å². The maximum atomic E-state index is 11.7. The van der Waals surface area contributed by atoms with Gasteiger partial charge >= 0.3 is 5.97 Å². The molecule has 102 valence electrons. The summed E-state index contributed by atoms with van der Waals surface area (Å²) < 4.78 is 5.01. The standard InChI is InChI=1S/C14H12N2O4/c1-9-11(6-7-20-9)13(17)16-15-8-10-4-2-3-5-12(10)14(18)19/h2-8H,1H3,(H,16,17)(H,18,19)/b15-8+. The first-order valence-corrected chi connectivity index (χ1v) is 5.79. The summed E-state index contributed by atoms with van der Waals surface area (Å²) in [4.78, 5) is 22.7. The molecule has 0 spiro atoms. The van der Waals surface area contributed by atoms with Crippen molar-refractivity contribution in [3.05, 3.63) is 59.0 Å². The first kappa shape index (κ1) is 13.5. The Balaban J connectivity index is 2.10. The zero-order valence-corrected chi connectivity index (χ0v) is 10.7. The van der Waals surface area contributed by atoms with Crippen LogP contribution in [0.4, 0.5) is 0 Å². The second-order valence-corrected chi connectivity index (χ2v) is 3.98. The number of hydrogen-bond donors (Lipinski definition) is 2. The van der Waals surface area contributed by atoms with Crippen molar-refractivity contribution in [2.45, 2.75) is 6.92 Å². The SMILES string of the molecule is Cc1occc1C(=O)N/N=C/c1ccccc1C(=O)O. The number of nitrogens with zero attached hydrogens (tertiary/aromatic N) is 1. The highest BCUT2D eigenvalue weighted by Crippen LogP contribution is 2.08. The highest BCUT2D eigenvalue weighted by atomic mass is 16.4. The third-order valence-electron chi connectivity index (χ3n) is 2.66. The van der Waals surface area contributed by atoms with Gasteiger partial charge < -0.3 is 9.52 Å². The number of benzene rings is 1. The van der Waals surface area contributed by atoms with Gasteiger partial charge in [0.2, 0.25) is 0 Å². The minimum Gasteiger partial charge on any atom is -0.478 e. The molecular formula is C14H12N2O4. The molecule has 0 radical (unpaired) electrons. The number of hydrazone groups is 1. The van der Waals surface area contributed by atoms with E-state index in [1.165, 1.54) is 24.6 Å². The van der Waals surface area contributed by atoms with E-state index in [9.17, 15) is 9.59 Å². The van der Waals surface area contributed by atoms with E-state index >= 15 is 0 Å². The Kier molecular flexibility index (Phi) is 3.95. The number of carbonyl (C=O) groups is 2. The third-order valence-corrected chi connectivity index (χ3v) is 2.66. The maximum absolute atomic E-state index is 11.7. The van der Waals surface area contributed by atoms with Crippen LogP contribution in [0.15, 0.2) is 46.1 Å². The summed E-state index contributed by atoms with van der Waals surface area (Å²) in [7, 11) is 0. The second kappa shape index (κ2) is 5.83. The Bertz CT molecular complexity index is 673. The van der Waals surface area contributed by atoms with Crippen LogP contribution in [-0.4, -0.2) is 23.2 Å². The molecule has 0 bridgehead atoms. The van der Waals surface area contributed by atoms with Crippen LogP contribution < -0.4 is 5.43 Å². The van der Waals surface area contributed by atoms with E-state index in [4.69, 9.17) is 9.52 Å². The Morgan fingerprint density at radius 3 is 2.65 bits per heavy atom. The van der Waals surface area contributed by atoms with Crippen molar-refractivity contribution in [2.24, 2.45) is 5.10 Å². The Morgan fingerprint density at radius 1 is 1.25 bits per heavy atom. The summed E-state index contributed by atoms with van der Waals surface area (Å²) in [5.41, 5.74) is 3.22. The lowest BCUT2D eigenvalue weighted by Crippen LogP contribution is -2.18. The zero-order valence-electron chi connectivity index (χ0n) is 10.7. The van der Waals surface area contributed by atoms with E-state index in [2.05, 4.69) is 10.5 Å². The number of carbonyl (C=O) groups excluding carboxylic acids is 1. The fourth-order valence-electron chi connectivity index (χ4n) is 1.65. The zero-order chi connectivity index (χ0) is 14.5. The van der Waals surface area contributed by atoms with E-state index in [0.29, 0.717) is 16.9 Å². The van der Waals surface area contributed by atoms with Gasteiger partial charge in [0.05, 0.1) is 23.6 Å². The molecule has 1 aromatic carbocycles. The Morgan fingerprint density at radius 2 is 2.00 bits per heavy atom. The van der Waals surface area contributed by atoms with Crippen LogP contribution in [0, 0.1) is 6.92 Å². The molecule has 0 fully saturated rings. The second-order valence-electron chi connectivity index (χ2n) is 3.98. The lowest BCUT2D eigenvalue weighted by molar-refractivity contribution is 0.0696. The monoisotopic (exact) mass is 272 g/mol. The molecule has 0 saturated carbocycles. The average molecular weight is 272 g/mol. The van der Waals surface area contributed by atoms with Crippen LogP contribution in [0.1, 0.15) is 32.0 Å². The molecule has 0 atom stereocenters. The average Bonchev–Trinajstić information content (AvgIpc) is 2.85. The molecule has 0 aliphatic carbocycles. The van der Waals surface area contributed by atoms with Crippen molar-refractivity contribution in [2.75, 3.05) is 0 Å². The van der Waals surface area contributed by atoms with Crippen LogP contribution in [0.5, 0.6) is 0 Å². The van der Waals surface area contributed by atoms with Gasteiger partial charge in [-0.05, 0) is 19.1 Å². The quantitative estimate of drug-likeness (QED) is 0.658. The normalized spacial score (nSPS) is 10.7. The number of hydrogen-bond acceptors (Lipinski definition) is 4. The highest BCUT2D eigenvalue weighted by molar-refractivity contribution is 5.99. The molecule has 1 aromatic heterocycles.